The van der Waals surface area contributed by atoms with Crippen molar-refractivity contribution in [3.8, 4) is 0 Å². The molecule has 0 radical (unpaired) electrons. The zero-order chi connectivity index (χ0) is 35.1. The van der Waals surface area contributed by atoms with Crippen molar-refractivity contribution in [3.63, 3.8) is 0 Å². The van der Waals surface area contributed by atoms with E-state index in [1.807, 2.05) is 38.1 Å². The molecule has 0 bridgehead atoms. The van der Waals surface area contributed by atoms with E-state index in [2.05, 4.69) is 67.6 Å². The molecule has 0 aromatic heterocycles. The van der Waals surface area contributed by atoms with E-state index < -0.39 is 11.6 Å². The SMILES string of the molecule is C/C=N\C1(N(C=O)C(CCC(C)(C)C)C2=CC=C(C(=O)O)C(C)C2)CCC(C(C)(C)C)CC1.CCC1CCCCC1C.CCNC. The van der Waals surface area contributed by atoms with E-state index in [0.29, 0.717) is 17.9 Å². The van der Waals surface area contributed by atoms with Gasteiger partial charge in [0.25, 0.3) is 0 Å². The van der Waals surface area contributed by atoms with Gasteiger partial charge < -0.3 is 15.3 Å². The summed E-state index contributed by atoms with van der Waals surface area (Å²) in [5, 5.41) is 12.5. The monoisotopic (exact) mass is 644 g/mol. The zero-order valence-corrected chi connectivity index (χ0v) is 32.0. The third kappa shape index (κ3) is 13.3. The van der Waals surface area contributed by atoms with Crippen LogP contribution < -0.4 is 5.32 Å². The van der Waals surface area contributed by atoms with E-state index in [4.69, 9.17) is 4.99 Å². The Kier molecular flexibility index (Phi) is 18.1. The van der Waals surface area contributed by atoms with Gasteiger partial charge in [0.1, 0.15) is 5.66 Å². The minimum Gasteiger partial charge on any atom is -0.478 e. The first-order chi connectivity index (χ1) is 21.5. The van der Waals surface area contributed by atoms with Gasteiger partial charge in [-0.05, 0) is 112 Å². The summed E-state index contributed by atoms with van der Waals surface area (Å²) in [6, 6.07) is -0.0781. The highest BCUT2D eigenvalue weighted by atomic mass is 16.4. The van der Waals surface area contributed by atoms with Gasteiger partial charge in [-0.25, -0.2) is 4.79 Å². The molecule has 0 heterocycles. The third-order valence-corrected chi connectivity index (χ3v) is 10.9. The Morgan fingerprint density at radius 1 is 1.07 bits per heavy atom. The Morgan fingerprint density at radius 2 is 1.65 bits per heavy atom. The van der Waals surface area contributed by atoms with Crippen LogP contribution in [0, 0.1) is 34.5 Å². The van der Waals surface area contributed by atoms with Crippen molar-refractivity contribution in [3.05, 3.63) is 23.3 Å². The average Bonchev–Trinajstić information content (AvgIpc) is 2.99. The van der Waals surface area contributed by atoms with Crippen molar-refractivity contribution in [2.24, 2.45) is 39.5 Å². The first-order valence-electron chi connectivity index (χ1n) is 18.5. The van der Waals surface area contributed by atoms with E-state index >= 15 is 0 Å². The molecule has 6 heteroatoms. The van der Waals surface area contributed by atoms with Crippen LogP contribution in [0.15, 0.2) is 28.3 Å². The molecule has 0 aliphatic heterocycles. The van der Waals surface area contributed by atoms with Crippen LogP contribution in [0.3, 0.4) is 0 Å². The van der Waals surface area contributed by atoms with Crippen molar-refractivity contribution in [1.82, 2.24) is 10.2 Å². The van der Waals surface area contributed by atoms with Crippen LogP contribution in [0.25, 0.3) is 0 Å². The van der Waals surface area contributed by atoms with Crippen LogP contribution in [0.1, 0.15) is 153 Å². The smallest absolute Gasteiger partial charge is 0.331 e. The lowest BCUT2D eigenvalue weighted by molar-refractivity contribution is -0.133. The second-order valence-electron chi connectivity index (χ2n) is 16.5. The first-order valence-corrected chi connectivity index (χ1v) is 18.5. The maximum Gasteiger partial charge on any atom is 0.331 e. The lowest BCUT2D eigenvalue weighted by Crippen LogP contribution is -2.55. The zero-order valence-electron chi connectivity index (χ0n) is 32.0. The Hall–Kier alpha value is -1.95. The summed E-state index contributed by atoms with van der Waals surface area (Å²) in [5.41, 5.74) is 1.45. The number of rotatable bonds is 10. The molecule has 1 amide bonds. The minimum absolute atomic E-state index is 0.0737. The lowest BCUT2D eigenvalue weighted by atomic mass is 9.69. The van der Waals surface area contributed by atoms with Crippen molar-refractivity contribution in [1.29, 1.82) is 0 Å². The van der Waals surface area contributed by atoms with Gasteiger partial charge in [0.05, 0.1) is 6.04 Å². The number of allylic oxidation sites excluding steroid dienone is 2. The summed E-state index contributed by atoms with van der Waals surface area (Å²) in [4.78, 5) is 31.3. The number of amides is 1. The van der Waals surface area contributed by atoms with Crippen LogP contribution in [0.4, 0.5) is 0 Å². The number of hydrogen-bond acceptors (Lipinski definition) is 4. The van der Waals surface area contributed by atoms with Gasteiger partial charge in [0.15, 0.2) is 0 Å². The van der Waals surface area contributed by atoms with E-state index in [1.165, 1.54) is 32.1 Å². The summed E-state index contributed by atoms with van der Waals surface area (Å²) in [6.07, 6.45) is 20.2. The summed E-state index contributed by atoms with van der Waals surface area (Å²) >= 11 is 0. The Labute approximate surface area is 284 Å². The predicted octanol–water partition coefficient (Wildman–Crippen LogP) is 10.1. The molecule has 0 aromatic carbocycles. The lowest BCUT2D eigenvalue weighted by Gasteiger charge is -2.50. The van der Waals surface area contributed by atoms with E-state index in [9.17, 15) is 14.7 Å². The molecule has 266 valence electrons. The van der Waals surface area contributed by atoms with E-state index in [-0.39, 0.29) is 22.8 Å². The molecule has 2 saturated carbocycles. The van der Waals surface area contributed by atoms with Gasteiger partial charge in [-0.15, -0.1) is 0 Å². The van der Waals surface area contributed by atoms with Crippen LogP contribution in [-0.2, 0) is 9.59 Å². The summed E-state index contributed by atoms with van der Waals surface area (Å²) in [5.74, 6) is 1.76. The number of aliphatic imine (C=N–C) groups is 1. The van der Waals surface area contributed by atoms with Crippen molar-refractivity contribution < 1.29 is 14.7 Å². The molecule has 0 aromatic rings. The number of nitrogens with one attached hydrogen (secondary N) is 1. The number of nitrogens with zero attached hydrogens (tertiary/aromatic N) is 2. The predicted molar refractivity (Wildman–Crippen MR) is 197 cm³/mol. The van der Waals surface area contributed by atoms with Crippen molar-refractivity contribution in [2.45, 2.75) is 165 Å². The van der Waals surface area contributed by atoms with Gasteiger partial charge in [0.2, 0.25) is 6.41 Å². The number of carboxylic acids is 1. The molecule has 0 saturated heterocycles. The molecule has 4 atom stereocenters. The average molecular weight is 644 g/mol. The topological polar surface area (TPSA) is 82.0 Å². The molecule has 4 unspecified atom stereocenters. The summed E-state index contributed by atoms with van der Waals surface area (Å²) < 4.78 is 0. The molecule has 0 spiro atoms. The number of carbonyl (C=O) groups excluding carboxylic acids is 1. The largest absolute Gasteiger partial charge is 0.478 e. The fourth-order valence-corrected chi connectivity index (χ4v) is 7.60. The van der Waals surface area contributed by atoms with Crippen LogP contribution in [0.5, 0.6) is 0 Å². The second kappa shape index (κ2) is 19.8. The van der Waals surface area contributed by atoms with Crippen LogP contribution in [-0.4, -0.2) is 53.9 Å². The molecule has 3 aliphatic carbocycles. The Bertz CT molecular complexity index is 990. The molecule has 46 heavy (non-hydrogen) atoms. The molecular formula is C40H73N3O3. The van der Waals surface area contributed by atoms with Crippen LogP contribution in [0.2, 0.25) is 0 Å². The fraction of sp³-hybridized carbons (Fsp3) is 0.825. The van der Waals surface area contributed by atoms with E-state index in [0.717, 1.165) is 68.9 Å². The quantitative estimate of drug-likeness (QED) is 0.183. The number of carbonyl (C=O) groups is 2. The summed E-state index contributed by atoms with van der Waals surface area (Å²) in [6.45, 7) is 25.4. The van der Waals surface area contributed by atoms with Gasteiger partial charge in [0, 0.05) is 5.57 Å². The Balaban J connectivity index is 0.000000674. The van der Waals surface area contributed by atoms with Gasteiger partial charge in [-0.1, -0.05) is 113 Å². The number of aliphatic carboxylic acids is 1. The fourth-order valence-electron chi connectivity index (χ4n) is 7.60. The number of carboxylic acid groups (broad SMARTS) is 1. The maximum atomic E-state index is 12.7. The molecule has 3 rings (SSSR count). The highest BCUT2D eigenvalue weighted by Gasteiger charge is 2.45. The molecule has 2 N–H and O–H groups in total. The minimum atomic E-state index is -0.858. The highest BCUT2D eigenvalue weighted by molar-refractivity contribution is 5.88. The Morgan fingerprint density at radius 3 is 2.04 bits per heavy atom. The van der Waals surface area contributed by atoms with Gasteiger partial charge >= 0.3 is 5.97 Å². The van der Waals surface area contributed by atoms with E-state index in [1.54, 1.807) is 6.08 Å². The van der Waals surface area contributed by atoms with Gasteiger partial charge in [-0.3, -0.25) is 9.79 Å². The second-order valence-corrected chi connectivity index (χ2v) is 16.5. The normalized spacial score (nSPS) is 27.7. The highest BCUT2D eigenvalue weighted by Crippen LogP contribution is 2.46. The molecule has 6 nitrogen and oxygen atoms in total. The standard InChI is InChI=1S/C28H46N2O3.C9H18.C3H9N/c1-9-29-28(16-12-22(13-17-28)27(6,7)8)30(19-31)24(14-15-26(3,4)5)21-10-11-23(25(32)33)20(2)18-21;1-3-9-7-5-4-6-8(9)2;1-3-4-2/h9-11,19-20,22,24H,12-18H2,1-8H3,(H,32,33);8-9H,3-7H2,1-2H3;4H,3H2,1-2H3/b29-9-;;. The first kappa shape index (κ1) is 42.1. The maximum absolute atomic E-state index is 12.7. The van der Waals surface area contributed by atoms with Crippen molar-refractivity contribution >= 4 is 18.6 Å². The molecule has 3 aliphatic rings. The molecule has 2 fully saturated rings. The van der Waals surface area contributed by atoms with Crippen molar-refractivity contribution in [2.75, 3.05) is 13.6 Å². The summed E-state index contributed by atoms with van der Waals surface area (Å²) in [7, 11) is 1.93. The third-order valence-electron chi connectivity index (χ3n) is 10.9. The van der Waals surface area contributed by atoms with Crippen LogP contribution >= 0.6 is 0 Å². The van der Waals surface area contributed by atoms with Gasteiger partial charge in [-0.2, -0.15) is 0 Å². The number of hydrogen-bond donors (Lipinski definition) is 2. The molecular weight excluding hydrogens is 570 g/mol.